The molecule has 0 saturated carbocycles. The summed E-state index contributed by atoms with van der Waals surface area (Å²) < 4.78 is 5.19. The summed E-state index contributed by atoms with van der Waals surface area (Å²) in [4.78, 5) is 11.7. The molecule has 1 rings (SSSR count). The number of rotatable bonds is 6. The van der Waals surface area contributed by atoms with Gasteiger partial charge in [-0.2, -0.15) is 0 Å². The quantitative estimate of drug-likeness (QED) is 0.438. The lowest BCUT2D eigenvalue weighted by molar-refractivity contribution is 0.101. The second kappa shape index (κ2) is 7.07. The maximum Gasteiger partial charge on any atom is 0.187 e. The Labute approximate surface area is 113 Å². The molecule has 0 bridgehead atoms. The molecule has 0 atom stereocenters. The van der Waals surface area contributed by atoms with Crippen LogP contribution < -0.4 is 4.74 Å². The number of unbranched alkanes of at least 4 members (excludes halogenated alkanes) is 1. The fraction of sp³-hybridized carbons (Fsp3) is 0.417. The Morgan fingerprint density at radius 3 is 2.81 bits per heavy atom. The molecule has 0 saturated heterocycles. The van der Waals surface area contributed by atoms with Gasteiger partial charge in [0.15, 0.2) is 5.78 Å². The van der Waals surface area contributed by atoms with E-state index in [2.05, 4.69) is 38.8 Å². The third kappa shape index (κ3) is 4.26. The Bertz CT molecular complexity index is 351. The minimum atomic E-state index is -0.342. The molecule has 2 nitrogen and oxygen atoms in total. The first kappa shape index (κ1) is 13.7. The highest BCUT2D eigenvalue weighted by atomic mass is 79.9. The van der Waals surface area contributed by atoms with Crippen LogP contribution in [-0.2, 0) is 0 Å². The van der Waals surface area contributed by atoms with Crippen molar-refractivity contribution in [3.05, 3.63) is 29.8 Å². The highest BCUT2D eigenvalue weighted by molar-refractivity contribution is 9.25. The van der Waals surface area contributed by atoms with Crippen molar-refractivity contribution in [2.24, 2.45) is 0 Å². The van der Waals surface area contributed by atoms with Crippen LogP contribution in [0.3, 0.4) is 0 Å². The zero-order valence-electron chi connectivity index (χ0n) is 9.08. The summed E-state index contributed by atoms with van der Waals surface area (Å²) in [6.07, 6.45) is 2.13. The van der Waals surface area contributed by atoms with Crippen LogP contribution in [-0.4, -0.2) is 16.1 Å². The SMILES string of the molecule is CCCCOc1cccc(C(=O)C(Br)Br)c1. The zero-order chi connectivity index (χ0) is 12.0. The molecular formula is C12H14Br2O2. The van der Waals surface area contributed by atoms with Gasteiger partial charge in [-0.25, -0.2) is 0 Å². The number of Topliss-reactive ketones (excluding diaryl/α,β-unsaturated/α-hetero) is 1. The van der Waals surface area contributed by atoms with Gasteiger partial charge in [-0.15, -0.1) is 0 Å². The summed E-state index contributed by atoms with van der Waals surface area (Å²) >= 11 is 6.38. The van der Waals surface area contributed by atoms with Crippen LogP contribution >= 0.6 is 31.9 Å². The predicted molar refractivity (Wildman–Crippen MR) is 72.8 cm³/mol. The first-order chi connectivity index (χ1) is 7.65. The molecule has 1 aromatic rings. The first-order valence-corrected chi connectivity index (χ1v) is 7.03. The summed E-state index contributed by atoms with van der Waals surface area (Å²) in [5.74, 6) is 0.751. The van der Waals surface area contributed by atoms with Crippen LogP contribution in [0.15, 0.2) is 24.3 Å². The van der Waals surface area contributed by atoms with E-state index in [0.29, 0.717) is 12.2 Å². The summed E-state index contributed by atoms with van der Waals surface area (Å²) in [5, 5.41) is 0. The number of ether oxygens (including phenoxy) is 1. The van der Waals surface area contributed by atoms with Crippen molar-refractivity contribution in [1.82, 2.24) is 0 Å². The molecule has 0 aliphatic heterocycles. The van der Waals surface area contributed by atoms with E-state index in [1.54, 1.807) is 12.1 Å². The molecule has 0 aromatic heterocycles. The average Bonchev–Trinajstić information content (AvgIpc) is 2.29. The lowest BCUT2D eigenvalue weighted by atomic mass is 10.1. The average molecular weight is 350 g/mol. The van der Waals surface area contributed by atoms with Crippen molar-refractivity contribution in [2.75, 3.05) is 6.61 Å². The maximum absolute atomic E-state index is 11.7. The molecule has 16 heavy (non-hydrogen) atoms. The second-order valence-electron chi connectivity index (χ2n) is 3.39. The van der Waals surface area contributed by atoms with Crippen LogP contribution in [0.1, 0.15) is 30.1 Å². The van der Waals surface area contributed by atoms with Crippen molar-refractivity contribution in [3.63, 3.8) is 0 Å². The van der Waals surface area contributed by atoms with Gasteiger partial charge < -0.3 is 4.74 Å². The number of carbonyl (C=O) groups is 1. The lowest BCUT2D eigenvalue weighted by Crippen LogP contribution is -2.07. The van der Waals surface area contributed by atoms with Gasteiger partial charge in [0.05, 0.1) is 6.61 Å². The van der Waals surface area contributed by atoms with Gasteiger partial charge >= 0.3 is 0 Å². The molecular weight excluding hydrogens is 336 g/mol. The number of hydrogen-bond acceptors (Lipinski definition) is 2. The van der Waals surface area contributed by atoms with Crippen LogP contribution in [0.25, 0.3) is 0 Å². The van der Waals surface area contributed by atoms with E-state index in [1.165, 1.54) is 0 Å². The molecule has 0 fully saturated rings. The fourth-order valence-electron chi connectivity index (χ4n) is 1.20. The van der Waals surface area contributed by atoms with E-state index in [4.69, 9.17) is 4.74 Å². The Balaban J connectivity index is 2.67. The zero-order valence-corrected chi connectivity index (χ0v) is 12.3. The van der Waals surface area contributed by atoms with Crippen molar-refractivity contribution in [1.29, 1.82) is 0 Å². The molecule has 0 unspecified atom stereocenters. The molecule has 0 aliphatic carbocycles. The highest BCUT2D eigenvalue weighted by Crippen LogP contribution is 2.19. The Kier molecular flexibility index (Phi) is 6.06. The highest BCUT2D eigenvalue weighted by Gasteiger charge is 2.13. The number of halogens is 2. The minimum absolute atomic E-state index is 0.000872. The largest absolute Gasteiger partial charge is 0.494 e. The summed E-state index contributed by atoms with van der Waals surface area (Å²) in [7, 11) is 0. The van der Waals surface area contributed by atoms with Gasteiger partial charge in [-0.3, -0.25) is 4.79 Å². The predicted octanol–water partition coefficient (Wildman–Crippen LogP) is 4.16. The minimum Gasteiger partial charge on any atom is -0.494 e. The fourth-order valence-corrected chi connectivity index (χ4v) is 1.73. The van der Waals surface area contributed by atoms with E-state index in [-0.39, 0.29) is 9.52 Å². The molecule has 0 radical (unpaired) electrons. The van der Waals surface area contributed by atoms with Gasteiger partial charge in [0.2, 0.25) is 0 Å². The van der Waals surface area contributed by atoms with Crippen LogP contribution in [0.2, 0.25) is 0 Å². The molecule has 0 N–H and O–H groups in total. The number of alkyl halides is 2. The summed E-state index contributed by atoms with van der Waals surface area (Å²) in [5.41, 5.74) is 0.646. The number of benzene rings is 1. The molecule has 1 aromatic carbocycles. The van der Waals surface area contributed by atoms with E-state index >= 15 is 0 Å². The van der Waals surface area contributed by atoms with Gasteiger partial charge in [-0.1, -0.05) is 57.3 Å². The van der Waals surface area contributed by atoms with Gasteiger partial charge in [0.1, 0.15) is 9.49 Å². The normalized spacial score (nSPS) is 10.5. The molecule has 0 aliphatic rings. The van der Waals surface area contributed by atoms with Gasteiger partial charge in [0, 0.05) is 5.56 Å². The Hall–Kier alpha value is -0.350. The maximum atomic E-state index is 11.7. The first-order valence-electron chi connectivity index (χ1n) is 5.20. The number of ketones is 1. The van der Waals surface area contributed by atoms with Crippen LogP contribution in [0.5, 0.6) is 5.75 Å². The van der Waals surface area contributed by atoms with E-state index in [1.807, 2.05) is 12.1 Å². The van der Waals surface area contributed by atoms with Gasteiger partial charge in [0.25, 0.3) is 0 Å². The van der Waals surface area contributed by atoms with E-state index < -0.39 is 0 Å². The topological polar surface area (TPSA) is 26.3 Å². The monoisotopic (exact) mass is 348 g/mol. The molecule has 0 heterocycles. The molecule has 0 amide bonds. The van der Waals surface area contributed by atoms with Crippen LogP contribution in [0.4, 0.5) is 0 Å². The second-order valence-corrected chi connectivity index (χ2v) is 6.45. The molecule has 4 heteroatoms. The van der Waals surface area contributed by atoms with Crippen molar-refractivity contribution >= 4 is 37.6 Å². The smallest absolute Gasteiger partial charge is 0.187 e. The van der Waals surface area contributed by atoms with Crippen molar-refractivity contribution < 1.29 is 9.53 Å². The van der Waals surface area contributed by atoms with E-state index in [0.717, 1.165) is 18.6 Å². The lowest BCUT2D eigenvalue weighted by Gasteiger charge is -2.07. The Morgan fingerprint density at radius 1 is 1.44 bits per heavy atom. The van der Waals surface area contributed by atoms with E-state index in [9.17, 15) is 4.79 Å². The third-order valence-electron chi connectivity index (χ3n) is 2.08. The standard InChI is InChI=1S/C12H14Br2O2/c1-2-3-7-16-10-6-4-5-9(8-10)11(15)12(13)14/h4-6,8,12H,2-3,7H2,1H3. The molecule has 88 valence electrons. The number of carbonyl (C=O) groups excluding carboxylic acids is 1. The molecule has 0 spiro atoms. The van der Waals surface area contributed by atoms with Gasteiger partial charge in [-0.05, 0) is 18.6 Å². The van der Waals surface area contributed by atoms with Crippen molar-refractivity contribution in [2.45, 2.75) is 23.5 Å². The summed E-state index contributed by atoms with van der Waals surface area (Å²) in [6, 6.07) is 7.25. The summed E-state index contributed by atoms with van der Waals surface area (Å²) in [6.45, 7) is 2.81. The third-order valence-corrected chi connectivity index (χ3v) is 2.92. The Morgan fingerprint density at radius 2 is 2.19 bits per heavy atom. The number of hydrogen-bond donors (Lipinski definition) is 0. The van der Waals surface area contributed by atoms with Crippen molar-refractivity contribution in [3.8, 4) is 5.75 Å². The van der Waals surface area contributed by atoms with Crippen LogP contribution in [0, 0.1) is 0 Å².